The van der Waals surface area contributed by atoms with Gasteiger partial charge in [0.05, 0.1) is 6.54 Å². The first-order valence-electron chi connectivity index (χ1n) is 8.58. The van der Waals surface area contributed by atoms with Gasteiger partial charge in [0, 0.05) is 45.2 Å². The maximum Gasteiger partial charge on any atom is 0.251 e. The van der Waals surface area contributed by atoms with E-state index in [0.29, 0.717) is 24.0 Å². The Morgan fingerprint density at radius 3 is 3.04 bits per heavy atom. The summed E-state index contributed by atoms with van der Waals surface area (Å²) < 4.78 is 5.04. The molecule has 25 heavy (non-hydrogen) atoms. The van der Waals surface area contributed by atoms with Crippen LogP contribution in [0.3, 0.4) is 0 Å². The zero-order valence-electron chi connectivity index (χ0n) is 15.0. The van der Waals surface area contributed by atoms with Crippen molar-refractivity contribution in [3.63, 3.8) is 0 Å². The van der Waals surface area contributed by atoms with E-state index in [1.807, 2.05) is 18.2 Å². The molecule has 2 heterocycles. The molecule has 1 N–H and O–H groups in total. The summed E-state index contributed by atoms with van der Waals surface area (Å²) in [5.74, 6) is 1.29. The van der Waals surface area contributed by atoms with Gasteiger partial charge in [-0.25, -0.2) is 0 Å². The average Bonchev–Trinajstić information content (AvgIpc) is 3.23. The van der Waals surface area contributed by atoms with Crippen molar-refractivity contribution in [1.82, 2.24) is 25.3 Å². The quantitative estimate of drug-likeness (QED) is 0.856. The van der Waals surface area contributed by atoms with Crippen molar-refractivity contribution in [2.24, 2.45) is 0 Å². The Morgan fingerprint density at radius 1 is 1.48 bits per heavy atom. The minimum atomic E-state index is -0.0451. The van der Waals surface area contributed by atoms with Crippen molar-refractivity contribution in [3.8, 4) is 0 Å². The van der Waals surface area contributed by atoms with Crippen LogP contribution in [0.25, 0.3) is 0 Å². The predicted molar refractivity (Wildman–Crippen MR) is 94.0 cm³/mol. The standard InChI is InChI=1S/C18H25N5O2/c1-13-20-17(21-25-13)12-22(3)16-7-8-23(11-16)10-14-5-4-6-15(9-14)18(24)19-2/h4-6,9,16H,7-8,10-12H2,1-3H3,(H,19,24)/t16-/m0/s1. The van der Waals surface area contributed by atoms with Crippen LogP contribution in [0.4, 0.5) is 0 Å². The molecule has 134 valence electrons. The second-order valence-corrected chi connectivity index (χ2v) is 6.60. The molecule has 1 atom stereocenters. The van der Waals surface area contributed by atoms with Crippen molar-refractivity contribution in [2.75, 3.05) is 27.2 Å². The van der Waals surface area contributed by atoms with Crippen molar-refractivity contribution in [2.45, 2.75) is 32.5 Å². The van der Waals surface area contributed by atoms with Gasteiger partial charge in [0.1, 0.15) is 0 Å². The number of rotatable bonds is 6. The fourth-order valence-corrected chi connectivity index (χ4v) is 3.29. The molecule has 0 radical (unpaired) electrons. The zero-order chi connectivity index (χ0) is 17.8. The molecule has 0 spiro atoms. The van der Waals surface area contributed by atoms with Crippen LogP contribution < -0.4 is 5.32 Å². The number of nitrogens with one attached hydrogen (secondary N) is 1. The van der Waals surface area contributed by atoms with Gasteiger partial charge < -0.3 is 9.84 Å². The normalized spacial score (nSPS) is 18.0. The number of carbonyl (C=O) groups excluding carboxylic acids is 1. The van der Waals surface area contributed by atoms with E-state index in [1.165, 1.54) is 0 Å². The summed E-state index contributed by atoms with van der Waals surface area (Å²) in [7, 11) is 3.76. The topological polar surface area (TPSA) is 74.5 Å². The SMILES string of the molecule is CNC(=O)c1cccc(CN2CC[C@H](N(C)Cc3noc(C)n3)C2)c1. The minimum absolute atomic E-state index is 0.0451. The van der Waals surface area contributed by atoms with Crippen LogP contribution in [0.5, 0.6) is 0 Å². The lowest BCUT2D eigenvalue weighted by Crippen LogP contribution is -2.34. The maximum atomic E-state index is 11.8. The van der Waals surface area contributed by atoms with Gasteiger partial charge in [-0.05, 0) is 31.2 Å². The third-order valence-corrected chi connectivity index (χ3v) is 4.65. The number of amides is 1. The highest BCUT2D eigenvalue weighted by atomic mass is 16.5. The zero-order valence-corrected chi connectivity index (χ0v) is 15.0. The number of benzene rings is 1. The van der Waals surface area contributed by atoms with E-state index in [0.717, 1.165) is 37.4 Å². The van der Waals surface area contributed by atoms with E-state index in [2.05, 4.69) is 38.4 Å². The fraction of sp³-hybridized carbons (Fsp3) is 0.500. The van der Waals surface area contributed by atoms with E-state index in [-0.39, 0.29) is 5.91 Å². The summed E-state index contributed by atoms with van der Waals surface area (Å²) in [5.41, 5.74) is 1.87. The first-order chi connectivity index (χ1) is 12.0. The maximum absolute atomic E-state index is 11.8. The number of carbonyl (C=O) groups is 1. The molecule has 1 aromatic carbocycles. The first kappa shape index (κ1) is 17.6. The number of aryl methyl sites for hydroxylation is 1. The second-order valence-electron chi connectivity index (χ2n) is 6.60. The Bertz CT molecular complexity index is 730. The summed E-state index contributed by atoms with van der Waals surface area (Å²) in [6.45, 7) is 5.40. The van der Waals surface area contributed by atoms with Crippen LogP contribution >= 0.6 is 0 Å². The molecule has 7 nitrogen and oxygen atoms in total. The molecule has 1 fully saturated rings. The number of hydrogen-bond donors (Lipinski definition) is 1. The van der Waals surface area contributed by atoms with Gasteiger partial charge in [-0.15, -0.1) is 0 Å². The summed E-state index contributed by atoms with van der Waals surface area (Å²) in [5, 5.41) is 6.64. The van der Waals surface area contributed by atoms with Crippen LogP contribution in [-0.4, -0.2) is 59.1 Å². The van der Waals surface area contributed by atoms with Crippen LogP contribution in [0.2, 0.25) is 0 Å². The molecule has 1 aromatic heterocycles. The summed E-state index contributed by atoms with van der Waals surface area (Å²) in [4.78, 5) is 20.7. The summed E-state index contributed by atoms with van der Waals surface area (Å²) >= 11 is 0. The molecular weight excluding hydrogens is 318 g/mol. The second kappa shape index (κ2) is 7.76. The molecule has 1 aliphatic rings. The summed E-state index contributed by atoms with van der Waals surface area (Å²) in [6, 6.07) is 8.30. The van der Waals surface area contributed by atoms with E-state index < -0.39 is 0 Å². The third-order valence-electron chi connectivity index (χ3n) is 4.65. The monoisotopic (exact) mass is 343 g/mol. The van der Waals surface area contributed by atoms with Gasteiger partial charge in [0.25, 0.3) is 5.91 Å². The molecule has 7 heteroatoms. The Morgan fingerprint density at radius 2 is 2.32 bits per heavy atom. The smallest absolute Gasteiger partial charge is 0.251 e. The third kappa shape index (κ3) is 4.43. The van der Waals surface area contributed by atoms with Gasteiger partial charge >= 0.3 is 0 Å². The molecule has 3 rings (SSSR count). The van der Waals surface area contributed by atoms with E-state index in [1.54, 1.807) is 14.0 Å². The molecule has 0 saturated carbocycles. The highest BCUT2D eigenvalue weighted by Crippen LogP contribution is 2.19. The van der Waals surface area contributed by atoms with E-state index in [9.17, 15) is 4.79 Å². The molecular formula is C18H25N5O2. The Kier molecular flexibility index (Phi) is 5.45. The van der Waals surface area contributed by atoms with E-state index >= 15 is 0 Å². The van der Waals surface area contributed by atoms with Crippen molar-refractivity contribution < 1.29 is 9.32 Å². The van der Waals surface area contributed by atoms with Gasteiger partial charge in [0.15, 0.2) is 5.82 Å². The molecule has 0 aliphatic carbocycles. The number of aromatic nitrogens is 2. The minimum Gasteiger partial charge on any atom is -0.355 e. The Labute approximate surface area is 148 Å². The van der Waals surface area contributed by atoms with Gasteiger partial charge in [0.2, 0.25) is 5.89 Å². The highest BCUT2D eigenvalue weighted by Gasteiger charge is 2.26. The van der Waals surface area contributed by atoms with Gasteiger partial charge in [-0.1, -0.05) is 17.3 Å². The molecule has 1 aliphatic heterocycles. The summed E-state index contributed by atoms with van der Waals surface area (Å²) in [6.07, 6.45) is 1.11. The van der Waals surface area contributed by atoms with Crippen molar-refractivity contribution in [1.29, 1.82) is 0 Å². The van der Waals surface area contributed by atoms with Gasteiger partial charge in [-0.3, -0.25) is 14.6 Å². The Balaban J connectivity index is 1.55. The largest absolute Gasteiger partial charge is 0.355 e. The number of nitrogens with zero attached hydrogens (tertiary/aromatic N) is 4. The van der Waals surface area contributed by atoms with Crippen LogP contribution in [-0.2, 0) is 13.1 Å². The number of likely N-dealkylation sites (tertiary alicyclic amines) is 1. The molecule has 2 aromatic rings. The van der Waals surface area contributed by atoms with Crippen molar-refractivity contribution >= 4 is 5.91 Å². The lowest BCUT2D eigenvalue weighted by Gasteiger charge is -2.23. The lowest BCUT2D eigenvalue weighted by molar-refractivity contribution is 0.0963. The average molecular weight is 343 g/mol. The van der Waals surface area contributed by atoms with Gasteiger partial charge in [-0.2, -0.15) is 4.98 Å². The molecule has 0 unspecified atom stereocenters. The first-order valence-corrected chi connectivity index (χ1v) is 8.58. The van der Waals surface area contributed by atoms with Crippen LogP contribution in [0.1, 0.15) is 34.1 Å². The highest BCUT2D eigenvalue weighted by molar-refractivity contribution is 5.94. The number of hydrogen-bond acceptors (Lipinski definition) is 6. The predicted octanol–water partition coefficient (Wildman–Crippen LogP) is 1.44. The Hall–Kier alpha value is -2.25. The molecule has 1 amide bonds. The van der Waals surface area contributed by atoms with E-state index in [4.69, 9.17) is 4.52 Å². The van der Waals surface area contributed by atoms with Crippen LogP contribution in [0, 0.1) is 6.92 Å². The van der Waals surface area contributed by atoms with Crippen molar-refractivity contribution in [3.05, 3.63) is 47.1 Å². The molecule has 1 saturated heterocycles. The fourth-order valence-electron chi connectivity index (χ4n) is 3.29. The molecule has 0 bridgehead atoms. The van der Waals surface area contributed by atoms with Crippen LogP contribution in [0.15, 0.2) is 28.8 Å². The lowest BCUT2D eigenvalue weighted by atomic mass is 10.1. The number of likely N-dealkylation sites (N-methyl/N-ethyl adjacent to an activating group) is 1.